The van der Waals surface area contributed by atoms with Crippen LogP contribution in [0.3, 0.4) is 0 Å². The lowest BCUT2D eigenvalue weighted by Gasteiger charge is -2.08. The molecule has 0 saturated heterocycles. The largest absolute Gasteiger partial charge is 0.496 e. The highest BCUT2D eigenvalue weighted by molar-refractivity contribution is 9.10. The zero-order valence-corrected chi connectivity index (χ0v) is 11.2. The molecule has 0 atom stereocenters. The Hall–Kier alpha value is -1.68. The van der Waals surface area contributed by atoms with Crippen LogP contribution in [0.2, 0.25) is 0 Å². The van der Waals surface area contributed by atoms with Gasteiger partial charge in [-0.25, -0.2) is 4.39 Å². The summed E-state index contributed by atoms with van der Waals surface area (Å²) in [6.07, 6.45) is 0. The topological polar surface area (TPSA) is 26.3 Å². The number of halogens is 2. The average molecular weight is 309 g/mol. The number of ether oxygens (including phenoxy) is 1. The molecule has 0 saturated carbocycles. The molecule has 2 aromatic rings. The predicted octanol–water partition coefficient (Wildman–Crippen LogP) is 3.83. The fraction of sp³-hybridized carbons (Fsp3) is 0.0714. The summed E-state index contributed by atoms with van der Waals surface area (Å²) in [6, 6.07) is 10.9. The monoisotopic (exact) mass is 308 g/mol. The van der Waals surface area contributed by atoms with Gasteiger partial charge in [0.2, 0.25) is 0 Å². The molecule has 18 heavy (non-hydrogen) atoms. The van der Waals surface area contributed by atoms with E-state index in [1.54, 1.807) is 24.3 Å². The fourth-order valence-corrected chi connectivity index (χ4v) is 2.18. The third-order valence-electron chi connectivity index (χ3n) is 2.53. The minimum atomic E-state index is -0.390. The normalized spacial score (nSPS) is 10.2. The van der Waals surface area contributed by atoms with Gasteiger partial charge in [0.05, 0.1) is 12.7 Å². The summed E-state index contributed by atoms with van der Waals surface area (Å²) in [6.45, 7) is 0. The molecule has 92 valence electrons. The summed E-state index contributed by atoms with van der Waals surface area (Å²) >= 11 is 3.19. The minimum Gasteiger partial charge on any atom is -0.496 e. The highest BCUT2D eigenvalue weighted by atomic mass is 79.9. The first kappa shape index (κ1) is 12.8. The van der Waals surface area contributed by atoms with Crippen molar-refractivity contribution in [2.24, 2.45) is 0 Å². The molecule has 2 rings (SSSR count). The maximum absolute atomic E-state index is 13.0. The van der Waals surface area contributed by atoms with E-state index in [0.29, 0.717) is 21.3 Å². The van der Waals surface area contributed by atoms with E-state index in [1.165, 1.54) is 25.3 Å². The molecule has 4 heteroatoms. The van der Waals surface area contributed by atoms with Crippen molar-refractivity contribution in [1.29, 1.82) is 0 Å². The van der Waals surface area contributed by atoms with Crippen LogP contribution in [0.25, 0.3) is 0 Å². The van der Waals surface area contributed by atoms with E-state index in [2.05, 4.69) is 15.9 Å². The third-order valence-corrected chi connectivity index (χ3v) is 3.18. The van der Waals surface area contributed by atoms with Gasteiger partial charge in [-0.15, -0.1) is 0 Å². The summed E-state index contributed by atoms with van der Waals surface area (Å²) in [4.78, 5) is 12.3. The van der Waals surface area contributed by atoms with Crippen LogP contribution in [0.5, 0.6) is 5.75 Å². The van der Waals surface area contributed by atoms with Gasteiger partial charge in [0, 0.05) is 10.0 Å². The Morgan fingerprint density at radius 1 is 1.17 bits per heavy atom. The van der Waals surface area contributed by atoms with Crippen LogP contribution >= 0.6 is 15.9 Å². The number of carbonyl (C=O) groups is 1. The van der Waals surface area contributed by atoms with Crippen molar-refractivity contribution in [3.8, 4) is 5.75 Å². The van der Waals surface area contributed by atoms with Crippen LogP contribution in [0.4, 0.5) is 4.39 Å². The van der Waals surface area contributed by atoms with Crippen LogP contribution in [0.1, 0.15) is 15.9 Å². The second-order valence-corrected chi connectivity index (χ2v) is 4.51. The van der Waals surface area contributed by atoms with Gasteiger partial charge in [-0.1, -0.05) is 12.1 Å². The van der Waals surface area contributed by atoms with Crippen molar-refractivity contribution in [3.05, 3.63) is 63.9 Å². The molecule has 2 nitrogen and oxygen atoms in total. The summed E-state index contributed by atoms with van der Waals surface area (Å²) in [5.41, 5.74) is 0.855. The number of hydrogen-bond donors (Lipinski definition) is 0. The van der Waals surface area contributed by atoms with E-state index < -0.39 is 5.82 Å². The van der Waals surface area contributed by atoms with E-state index in [1.807, 2.05) is 0 Å². The van der Waals surface area contributed by atoms with Gasteiger partial charge in [0.25, 0.3) is 0 Å². The Balaban J connectivity index is 2.48. The quantitative estimate of drug-likeness (QED) is 0.806. The molecule has 0 radical (unpaired) electrons. The van der Waals surface area contributed by atoms with E-state index in [4.69, 9.17) is 4.74 Å². The van der Waals surface area contributed by atoms with Crippen LogP contribution in [-0.2, 0) is 0 Å². The third kappa shape index (κ3) is 2.43. The highest BCUT2D eigenvalue weighted by Crippen LogP contribution is 2.25. The fourth-order valence-electron chi connectivity index (χ4n) is 1.65. The van der Waals surface area contributed by atoms with Gasteiger partial charge < -0.3 is 4.74 Å². The molecule has 2 aromatic carbocycles. The maximum atomic E-state index is 13.0. The smallest absolute Gasteiger partial charge is 0.197 e. The molecule has 0 fully saturated rings. The lowest BCUT2D eigenvalue weighted by molar-refractivity contribution is 0.103. The van der Waals surface area contributed by atoms with Crippen LogP contribution in [0, 0.1) is 5.82 Å². The maximum Gasteiger partial charge on any atom is 0.197 e. The predicted molar refractivity (Wildman–Crippen MR) is 70.5 cm³/mol. The number of methoxy groups -OCH3 is 1. The Morgan fingerprint density at radius 2 is 1.89 bits per heavy atom. The Bertz CT molecular complexity index is 596. The molecular formula is C14H10BrFO2. The number of hydrogen-bond acceptors (Lipinski definition) is 2. The molecule has 0 aliphatic rings. The van der Waals surface area contributed by atoms with Gasteiger partial charge in [0.15, 0.2) is 5.78 Å². The second kappa shape index (κ2) is 5.31. The van der Waals surface area contributed by atoms with Crippen LogP contribution < -0.4 is 4.74 Å². The van der Waals surface area contributed by atoms with E-state index in [-0.39, 0.29) is 5.78 Å². The number of ketones is 1. The molecule has 0 heterocycles. The van der Waals surface area contributed by atoms with Crippen molar-refractivity contribution >= 4 is 21.7 Å². The van der Waals surface area contributed by atoms with Gasteiger partial charge >= 0.3 is 0 Å². The van der Waals surface area contributed by atoms with Crippen molar-refractivity contribution in [3.63, 3.8) is 0 Å². The summed E-state index contributed by atoms with van der Waals surface area (Å²) in [7, 11) is 1.51. The van der Waals surface area contributed by atoms with Gasteiger partial charge in [0.1, 0.15) is 11.6 Å². The SMILES string of the molecule is COc1ccccc1C(=O)c1ccc(F)cc1Br. The van der Waals surface area contributed by atoms with Crippen LogP contribution in [-0.4, -0.2) is 12.9 Å². The van der Waals surface area contributed by atoms with Crippen molar-refractivity contribution in [2.75, 3.05) is 7.11 Å². The van der Waals surface area contributed by atoms with E-state index >= 15 is 0 Å². The zero-order chi connectivity index (χ0) is 13.1. The van der Waals surface area contributed by atoms with Crippen molar-refractivity contribution < 1.29 is 13.9 Å². The van der Waals surface area contributed by atoms with E-state index in [0.717, 1.165) is 0 Å². The molecule has 0 bridgehead atoms. The van der Waals surface area contributed by atoms with Crippen LogP contribution in [0.15, 0.2) is 46.9 Å². The Labute approximate surface area is 113 Å². The molecular weight excluding hydrogens is 299 g/mol. The van der Waals surface area contributed by atoms with Gasteiger partial charge in [-0.05, 0) is 46.3 Å². The standard InChI is InChI=1S/C14H10BrFO2/c1-18-13-5-3-2-4-11(13)14(17)10-7-6-9(16)8-12(10)15/h2-8H,1H3. The number of benzene rings is 2. The Morgan fingerprint density at radius 3 is 2.56 bits per heavy atom. The summed E-state index contributed by atoms with van der Waals surface area (Å²) in [5, 5.41) is 0. The van der Waals surface area contributed by atoms with E-state index in [9.17, 15) is 9.18 Å². The summed E-state index contributed by atoms with van der Waals surface area (Å²) in [5.74, 6) is -0.100. The van der Waals surface area contributed by atoms with Crippen molar-refractivity contribution in [2.45, 2.75) is 0 Å². The number of para-hydroxylation sites is 1. The molecule has 0 amide bonds. The first-order chi connectivity index (χ1) is 8.63. The lowest BCUT2D eigenvalue weighted by atomic mass is 10.0. The second-order valence-electron chi connectivity index (χ2n) is 3.65. The molecule has 0 spiro atoms. The lowest BCUT2D eigenvalue weighted by Crippen LogP contribution is -2.04. The Kier molecular flexibility index (Phi) is 3.77. The minimum absolute atomic E-state index is 0.209. The zero-order valence-electron chi connectivity index (χ0n) is 9.61. The first-order valence-electron chi connectivity index (χ1n) is 5.26. The van der Waals surface area contributed by atoms with Crippen molar-refractivity contribution in [1.82, 2.24) is 0 Å². The molecule has 0 aromatic heterocycles. The average Bonchev–Trinajstić information content (AvgIpc) is 2.38. The molecule has 0 aliphatic heterocycles. The number of carbonyl (C=O) groups excluding carboxylic acids is 1. The molecule has 0 unspecified atom stereocenters. The van der Waals surface area contributed by atoms with Gasteiger partial charge in [-0.2, -0.15) is 0 Å². The number of rotatable bonds is 3. The molecule has 0 aliphatic carbocycles. The van der Waals surface area contributed by atoms with Gasteiger partial charge in [-0.3, -0.25) is 4.79 Å². The first-order valence-corrected chi connectivity index (χ1v) is 6.05. The molecule has 0 N–H and O–H groups in total. The highest BCUT2D eigenvalue weighted by Gasteiger charge is 2.16. The summed E-state index contributed by atoms with van der Waals surface area (Å²) < 4.78 is 18.6.